The zero-order valence-corrected chi connectivity index (χ0v) is 28.7. The van der Waals surface area contributed by atoms with Gasteiger partial charge in [-0.25, -0.2) is 14.4 Å². The molecule has 1 aromatic carbocycles. The van der Waals surface area contributed by atoms with Gasteiger partial charge in [0, 0.05) is 19.3 Å². The van der Waals surface area contributed by atoms with Gasteiger partial charge < -0.3 is 35.3 Å². The van der Waals surface area contributed by atoms with Crippen molar-refractivity contribution in [3.05, 3.63) is 48.0 Å². The van der Waals surface area contributed by atoms with E-state index in [0.717, 1.165) is 31.2 Å². The predicted octanol–water partition coefficient (Wildman–Crippen LogP) is 3.17. The van der Waals surface area contributed by atoms with E-state index < -0.39 is 54.0 Å². The van der Waals surface area contributed by atoms with Gasteiger partial charge in [0.15, 0.2) is 6.10 Å². The molecule has 48 heavy (non-hydrogen) atoms. The van der Waals surface area contributed by atoms with Crippen molar-refractivity contribution in [2.24, 2.45) is 0 Å². The summed E-state index contributed by atoms with van der Waals surface area (Å²) in [6.07, 6.45) is 5.76. The van der Waals surface area contributed by atoms with Crippen molar-refractivity contribution in [3.63, 3.8) is 0 Å². The Morgan fingerprint density at radius 2 is 1.46 bits per heavy atom. The Bertz CT molecular complexity index is 1170. The van der Waals surface area contributed by atoms with Gasteiger partial charge in [0.1, 0.15) is 24.7 Å². The third kappa shape index (κ3) is 18.2. The number of hydrogen-bond donors (Lipinski definition) is 4. The molecule has 0 aromatic heterocycles. The fourth-order valence-corrected chi connectivity index (χ4v) is 4.26. The monoisotopic (exact) mass is 675 g/mol. The summed E-state index contributed by atoms with van der Waals surface area (Å²) >= 11 is 0. The molecule has 4 atom stereocenters. The zero-order chi connectivity index (χ0) is 35.7. The second-order valence-electron chi connectivity index (χ2n) is 11.3. The first-order valence-corrected chi connectivity index (χ1v) is 16.8. The van der Waals surface area contributed by atoms with Crippen LogP contribution in [0.3, 0.4) is 0 Å². The van der Waals surface area contributed by atoms with Gasteiger partial charge in [0.2, 0.25) is 17.7 Å². The van der Waals surface area contributed by atoms with Crippen molar-refractivity contribution in [2.45, 2.75) is 123 Å². The third-order valence-electron chi connectivity index (χ3n) is 7.06. The smallest absolute Gasteiger partial charge is 0.335 e. The van der Waals surface area contributed by atoms with Crippen LogP contribution < -0.4 is 16.0 Å². The molecule has 0 bridgehead atoms. The average Bonchev–Trinajstić information content (AvgIpc) is 3.07. The third-order valence-corrected chi connectivity index (χ3v) is 7.06. The Morgan fingerprint density at radius 3 is 2.12 bits per heavy atom. The number of hydrogen-bond acceptors (Lipinski definition) is 10. The summed E-state index contributed by atoms with van der Waals surface area (Å²) in [5.41, 5.74) is 0.755. The van der Waals surface area contributed by atoms with Gasteiger partial charge in [0.05, 0.1) is 13.2 Å². The van der Waals surface area contributed by atoms with Crippen LogP contribution in [0.1, 0.15) is 97.5 Å². The highest BCUT2D eigenvalue weighted by Gasteiger charge is 2.27. The molecule has 13 nitrogen and oxygen atoms in total. The lowest BCUT2D eigenvalue weighted by atomic mass is 10.1. The normalized spacial score (nSPS) is 13.4. The summed E-state index contributed by atoms with van der Waals surface area (Å²) in [6.45, 7) is 7.29. The summed E-state index contributed by atoms with van der Waals surface area (Å²) in [5.74, 6) is -3.92. The molecule has 1 aromatic rings. The van der Waals surface area contributed by atoms with Crippen molar-refractivity contribution in [1.29, 1.82) is 0 Å². The van der Waals surface area contributed by atoms with Crippen LogP contribution in [0.2, 0.25) is 0 Å². The Hall–Kier alpha value is -4.26. The van der Waals surface area contributed by atoms with Crippen molar-refractivity contribution in [3.8, 4) is 0 Å². The molecule has 0 saturated carbocycles. The number of ether oxygens (including phenoxy) is 3. The number of carbonyl (C=O) groups is 6. The molecule has 0 aliphatic rings. The Kier molecular flexibility index (Phi) is 21.6. The number of aliphatic hydroxyl groups excluding tert-OH is 1. The summed E-state index contributed by atoms with van der Waals surface area (Å²) in [5, 5.41) is 17.8. The molecular weight excluding hydrogens is 622 g/mol. The van der Waals surface area contributed by atoms with E-state index in [1.165, 1.54) is 19.1 Å². The highest BCUT2D eigenvalue weighted by molar-refractivity contribution is 5.92. The first-order chi connectivity index (χ1) is 23.0. The lowest BCUT2D eigenvalue weighted by Crippen LogP contribution is -2.50. The predicted molar refractivity (Wildman–Crippen MR) is 178 cm³/mol. The minimum atomic E-state index is -1.48. The fourth-order valence-electron chi connectivity index (χ4n) is 4.26. The minimum absolute atomic E-state index is 0.0154. The largest absolute Gasteiger partial charge is 0.464 e. The van der Waals surface area contributed by atoms with E-state index in [1.54, 1.807) is 31.2 Å². The van der Waals surface area contributed by atoms with Crippen LogP contribution in [0.15, 0.2) is 42.5 Å². The van der Waals surface area contributed by atoms with Crippen LogP contribution in [0.4, 0.5) is 0 Å². The minimum Gasteiger partial charge on any atom is -0.464 e. The molecule has 0 spiro atoms. The van der Waals surface area contributed by atoms with Crippen molar-refractivity contribution in [2.75, 3.05) is 13.2 Å². The average molecular weight is 676 g/mol. The van der Waals surface area contributed by atoms with Crippen LogP contribution in [0, 0.1) is 0 Å². The SMILES string of the molecule is CCCCCCC(=O)NC(CCC(=O)NC(/C=C/CC(O)C(=O)OCCCC)C(=O)NC(C)C(=O)OCC)C(=O)OCc1ccccc1. The molecule has 1 rings (SSSR count). The van der Waals surface area contributed by atoms with Crippen LogP contribution in [-0.4, -0.2) is 78.2 Å². The summed E-state index contributed by atoms with van der Waals surface area (Å²) in [4.78, 5) is 75.9. The molecule has 268 valence electrons. The van der Waals surface area contributed by atoms with Gasteiger partial charge in [-0.15, -0.1) is 0 Å². The maximum atomic E-state index is 13.1. The summed E-state index contributed by atoms with van der Waals surface area (Å²) < 4.78 is 15.4. The number of rotatable bonds is 24. The van der Waals surface area contributed by atoms with Crippen LogP contribution in [0.25, 0.3) is 0 Å². The summed E-state index contributed by atoms with van der Waals surface area (Å²) in [6, 6.07) is 5.56. The number of unbranched alkanes of at least 4 members (excludes halogenated alkanes) is 4. The maximum absolute atomic E-state index is 13.1. The number of nitrogens with one attached hydrogen (secondary N) is 3. The highest BCUT2D eigenvalue weighted by Crippen LogP contribution is 2.09. The highest BCUT2D eigenvalue weighted by atomic mass is 16.5. The van der Waals surface area contributed by atoms with E-state index >= 15 is 0 Å². The number of esters is 3. The van der Waals surface area contributed by atoms with Crippen LogP contribution >= 0.6 is 0 Å². The van der Waals surface area contributed by atoms with E-state index in [2.05, 4.69) is 22.9 Å². The molecule has 4 unspecified atom stereocenters. The van der Waals surface area contributed by atoms with Gasteiger partial charge >= 0.3 is 17.9 Å². The maximum Gasteiger partial charge on any atom is 0.335 e. The molecule has 0 aliphatic carbocycles. The number of benzene rings is 1. The van der Waals surface area contributed by atoms with Gasteiger partial charge in [-0.2, -0.15) is 0 Å². The van der Waals surface area contributed by atoms with E-state index in [1.807, 2.05) is 13.0 Å². The van der Waals surface area contributed by atoms with Gasteiger partial charge in [0.25, 0.3) is 0 Å². The van der Waals surface area contributed by atoms with E-state index in [4.69, 9.17) is 14.2 Å². The standard InChI is InChI=1S/C35H53N3O10/c1-5-8-10-14-20-30(40)38-28(34(44)48-24-26-16-12-11-13-17-26)21-22-31(41)37-27(32(42)36-25(4)33(43)46-7-3)18-15-19-29(39)35(45)47-23-9-6-2/h11-13,15-18,25,27-29,39H,5-10,14,19-24H2,1-4H3,(H,36,42)(H,37,41)(H,38,40)/b18-15+. The second kappa shape index (κ2) is 24.9. The molecule has 0 heterocycles. The topological polar surface area (TPSA) is 186 Å². The Labute approximate surface area is 283 Å². The van der Waals surface area contributed by atoms with Crippen LogP contribution in [0.5, 0.6) is 0 Å². The molecule has 0 radical (unpaired) electrons. The number of amides is 3. The molecular formula is C35H53N3O10. The Morgan fingerprint density at radius 1 is 0.771 bits per heavy atom. The molecule has 0 fully saturated rings. The van der Waals surface area contributed by atoms with Gasteiger partial charge in [-0.1, -0.05) is 82.0 Å². The van der Waals surface area contributed by atoms with E-state index in [0.29, 0.717) is 12.8 Å². The van der Waals surface area contributed by atoms with Gasteiger partial charge in [-0.3, -0.25) is 14.4 Å². The van der Waals surface area contributed by atoms with Crippen LogP contribution in [-0.2, 0) is 49.6 Å². The number of carbonyl (C=O) groups excluding carboxylic acids is 6. The lowest BCUT2D eigenvalue weighted by Gasteiger charge is -2.20. The zero-order valence-electron chi connectivity index (χ0n) is 28.7. The molecule has 3 amide bonds. The quantitative estimate of drug-likeness (QED) is 0.0549. The fraction of sp³-hybridized carbons (Fsp3) is 0.600. The first-order valence-electron chi connectivity index (χ1n) is 16.8. The lowest BCUT2D eigenvalue weighted by molar-refractivity contribution is -0.153. The summed E-state index contributed by atoms with van der Waals surface area (Å²) in [7, 11) is 0. The van der Waals surface area contributed by atoms with Crippen molar-refractivity contribution < 1.29 is 48.1 Å². The van der Waals surface area contributed by atoms with Crippen molar-refractivity contribution in [1.82, 2.24) is 16.0 Å². The van der Waals surface area contributed by atoms with Gasteiger partial charge in [-0.05, 0) is 38.7 Å². The van der Waals surface area contributed by atoms with Crippen molar-refractivity contribution >= 4 is 35.6 Å². The molecule has 4 N–H and O–H groups in total. The van der Waals surface area contributed by atoms with E-state index in [9.17, 15) is 33.9 Å². The van der Waals surface area contributed by atoms with E-state index in [-0.39, 0.29) is 51.4 Å². The second-order valence-corrected chi connectivity index (χ2v) is 11.3. The molecule has 0 saturated heterocycles. The molecule has 0 aliphatic heterocycles. The first kappa shape index (κ1) is 41.8. The number of aliphatic hydroxyl groups is 1. The molecule has 13 heteroatoms. The Balaban J connectivity index is 2.97.